The second-order valence-corrected chi connectivity index (χ2v) is 7.11. The second kappa shape index (κ2) is 8.05. The molecule has 0 unspecified atom stereocenters. The minimum atomic E-state index is -0.485. The number of methoxy groups -OCH3 is 1. The predicted octanol–water partition coefficient (Wildman–Crippen LogP) is 3.50. The maximum absolute atomic E-state index is 12.3. The number of nitrogens with zero attached hydrogens (tertiary/aromatic N) is 1. The van der Waals surface area contributed by atoms with Crippen molar-refractivity contribution in [2.24, 2.45) is 0 Å². The zero-order valence-corrected chi connectivity index (χ0v) is 16.0. The van der Waals surface area contributed by atoms with Gasteiger partial charge in [-0.1, -0.05) is 6.07 Å². The maximum Gasteiger partial charge on any atom is 0.270 e. The van der Waals surface area contributed by atoms with Gasteiger partial charge in [-0.05, 0) is 36.8 Å². The standard InChI is InChI=1S/C19H17N3O5S/c1-11-3-5-15(27-2)14(7-11)21-18(23)10-20-19(24)17-9-12-8-13(22(25)26)4-6-16(12)28-17/h3-9H,10H2,1-2H3,(H,20,24)(H,21,23). The Morgan fingerprint density at radius 1 is 1.18 bits per heavy atom. The summed E-state index contributed by atoms with van der Waals surface area (Å²) < 4.78 is 5.96. The van der Waals surface area contributed by atoms with Crippen molar-refractivity contribution in [3.8, 4) is 5.75 Å². The number of carbonyl (C=O) groups is 2. The van der Waals surface area contributed by atoms with Gasteiger partial charge in [-0.25, -0.2) is 0 Å². The molecule has 0 atom stereocenters. The third-order valence-corrected chi connectivity index (χ3v) is 5.09. The quantitative estimate of drug-likeness (QED) is 0.487. The number of non-ortho nitro benzene ring substituents is 1. The van der Waals surface area contributed by atoms with E-state index in [4.69, 9.17) is 4.74 Å². The minimum Gasteiger partial charge on any atom is -0.495 e. The number of amides is 2. The highest BCUT2D eigenvalue weighted by molar-refractivity contribution is 7.20. The average Bonchev–Trinajstić information content (AvgIpc) is 3.09. The highest BCUT2D eigenvalue weighted by Crippen LogP contribution is 2.29. The summed E-state index contributed by atoms with van der Waals surface area (Å²) in [6, 6.07) is 11.4. The van der Waals surface area contributed by atoms with Crippen LogP contribution in [0.25, 0.3) is 10.1 Å². The number of benzene rings is 2. The summed E-state index contributed by atoms with van der Waals surface area (Å²) in [4.78, 5) is 35.2. The van der Waals surface area contributed by atoms with Crippen molar-refractivity contribution in [1.29, 1.82) is 0 Å². The summed E-state index contributed by atoms with van der Waals surface area (Å²) >= 11 is 1.20. The molecule has 2 amide bonds. The lowest BCUT2D eigenvalue weighted by Gasteiger charge is -2.11. The lowest BCUT2D eigenvalue weighted by Crippen LogP contribution is -2.32. The van der Waals surface area contributed by atoms with Crippen LogP contribution in [0.3, 0.4) is 0 Å². The first-order chi connectivity index (χ1) is 13.4. The van der Waals surface area contributed by atoms with Gasteiger partial charge in [-0.2, -0.15) is 0 Å². The van der Waals surface area contributed by atoms with Gasteiger partial charge in [0.2, 0.25) is 5.91 Å². The second-order valence-electron chi connectivity index (χ2n) is 6.02. The van der Waals surface area contributed by atoms with Gasteiger partial charge in [0, 0.05) is 22.2 Å². The molecule has 0 aliphatic rings. The first-order valence-corrected chi connectivity index (χ1v) is 9.09. The fraction of sp³-hybridized carbons (Fsp3) is 0.158. The molecule has 144 valence electrons. The van der Waals surface area contributed by atoms with E-state index < -0.39 is 16.7 Å². The molecule has 2 N–H and O–H groups in total. The summed E-state index contributed by atoms with van der Waals surface area (Å²) in [6.07, 6.45) is 0. The number of fused-ring (bicyclic) bond motifs is 1. The van der Waals surface area contributed by atoms with Gasteiger partial charge in [-0.15, -0.1) is 11.3 Å². The number of anilines is 1. The summed E-state index contributed by atoms with van der Waals surface area (Å²) in [5.74, 6) is -0.291. The Morgan fingerprint density at radius 2 is 1.96 bits per heavy atom. The van der Waals surface area contributed by atoms with Crippen LogP contribution < -0.4 is 15.4 Å². The summed E-state index contributed by atoms with van der Waals surface area (Å²) in [6.45, 7) is 1.67. The normalized spacial score (nSPS) is 10.5. The molecule has 3 rings (SSSR count). The van der Waals surface area contributed by atoms with Gasteiger partial charge in [0.15, 0.2) is 0 Å². The Morgan fingerprint density at radius 3 is 2.68 bits per heavy atom. The molecule has 28 heavy (non-hydrogen) atoms. The van der Waals surface area contributed by atoms with Crippen LogP contribution in [0.5, 0.6) is 5.75 Å². The van der Waals surface area contributed by atoms with Gasteiger partial charge in [0.05, 0.1) is 29.1 Å². The van der Waals surface area contributed by atoms with E-state index in [2.05, 4.69) is 10.6 Å². The van der Waals surface area contributed by atoms with Crippen molar-refractivity contribution in [3.63, 3.8) is 0 Å². The van der Waals surface area contributed by atoms with Gasteiger partial charge in [-0.3, -0.25) is 19.7 Å². The van der Waals surface area contributed by atoms with Crippen LogP contribution in [0, 0.1) is 17.0 Å². The Kier molecular flexibility index (Phi) is 5.55. The Bertz CT molecular complexity index is 1080. The molecule has 0 aliphatic carbocycles. The highest BCUT2D eigenvalue weighted by atomic mass is 32.1. The van der Waals surface area contributed by atoms with Crippen molar-refractivity contribution < 1.29 is 19.2 Å². The van der Waals surface area contributed by atoms with E-state index in [9.17, 15) is 19.7 Å². The Balaban J connectivity index is 1.65. The SMILES string of the molecule is COc1ccc(C)cc1NC(=O)CNC(=O)c1cc2cc([N+](=O)[O-])ccc2s1. The van der Waals surface area contributed by atoms with E-state index in [1.807, 2.05) is 13.0 Å². The molecule has 1 aromatic heterocycles. The molecule has 3 aromatic rings. The number of hydrogen-bond acceptors (Lipinski definition) is 6. The van der Waals surface area contributed by atoms with Crippen molar-refractivity contribution in [3.05, 3.63) is 63.0 Å². The van der Waals surface area contributed by atoms with Gasteiger partial charge in [0.25, 0.3) is 11.6 Å². The van der Waals surface area contributed by atoms with Gasteiger partial charge >= 0.3 is 0 Å². The minimum absolute atomic E-state index is 0.0382. The first-order valence-electron chi connectivity index (χ1n) is 8.28. The predicted molar refractivity (Wildman–Crippen MR) is 107 cm³/mol. The van der Waals surface area contributed by atoms with E-state index in [-0.39, 0.29) is 12.2 Å². The zero-order valence-electron chi connectivity index (χ0n) is 15.1. The number of thiophene rings is 1. The van der Waals surface area contributed by atoms with E-state index in [1.54, 1.807) is 24.3 Å². The molecule has 2 aromatic carbocycles. The molecule has 0 spiro atoms. The van der Waals surface area contributed by atoms with Crippen LogP contribution in [-0.2, 0) is 4.79 Å². The van der Waals surface area contributed by atoms with Gasteiger partial charge < -0.3 is 15.4 Å². The molecular formula is C19H17N3O5S. The molecule has 1 heterocycles. The molecule has 0 radical (unpaired) electrons. The smallest absolute Gasteiger partial charge is 0.270 e. The molecule has 0 bridgehead atoms. The molecule has 9 heteroatoms. The maximum atomic E-state index is 12.3. The van der Waals surface area contributed by atoms with E-state index in [0.717, 1.165) is 10.3 Å². The monoisotopic (exact) mass is 399 g/mol. The molecular weight excluding hydrogens is 382 g/mol. The fourth-order valence-electron chi connectivity index (χ4n) is 2.62. The number of ether oxygens (including phenoxy) is 1. The van der Waals surface area contributed by atoms with Crippen molar-refractivity contribution in [2.45, 2.75) is 6.92 Å². The lowest BCUT2D eigenvalue weighted by molar-refractivity contribution is -0.384. The number of nitro groups is 1. The molecule has 0 saturated heterocycles. The van der Waals surface area contributed by atoms with Gasteiger partial charge in [0.1, 0.15) is 5.75 Å². The molecule has 0 aliphatic heterocycles. The van der Waals surface area contributed by atoms with Crippen molar-refractivity contribution in [2.75, 3.05) is 19.0 Å². The fourth-order valence-corrected chi connectivity index (χ4v) is 3.58. The Hall–Kier alpha value is -3.46. The van der Waals surface area contributed by atoms with E-state index in [0.29, 0.717) is 21.7 Å². The largest absolute Gasteiger partial charge is 0.495 e. The third-order valence-electron chi connectivity index (χ3n) is 3.97. The summed E-state index contributed by atoms with van der Waals surface area (Å²) in [5, 5.41) is 16.7. The molecule has 8 nitrogen and oxygen atoms in total. The number of hydrogen-bond donors (Lipinski definition) is 2. The number of rotatable bonds is 6. The third kappa shape index (κ3) is 4.26. The molecule has 0 fully saturated rings. The van der Waals surface area contributed by atoms with Crippen molar-refractivity contribution >= 4 is 44.6 Å². The van der Waals surface area contributed by atoms with Crippen LogP contribution in [0.1, 0.15) is 15.2 Å². The lowest BCUT2D eigenvalue weighted by atomic mass is 10.2. The van der Waals surface area contributed by atoms with E-state index in [1.165, 1.54) is 30.6 Å². The van der Waals surface area contributed by atoms with Crippen LogP contribution in [0.4, 0.5) is 11.4 Å². The highest BCUT2D eigenvalue weighted by Gasteiger charge is 2.15. The summed E-state index contributed by atoms with van der Waals surface area (Å²) in [5.41, 5.74) is 1.44. The van der Waals surface area contributed by atoms with Crippen LogP contribution in [-0.4, -0.2) is 30.4 Å². The number of aryl methyl sites for hydroxylation is 1. The van der Waals surface area contributed by atoms with Crippen LogP contribution in [0.15, 0.2) is 42.5 Å². The first kappa shape index (κ1) is 19.3. The average molecular weight is 399 g/mol. The molecule has 0 saturated carbocycles. The number of nitrogens with one attached hydrogen (secondary N) is 2. The topological polar surface area (TPSA) is 111 Å². The number of carbonyl (C=O) groups excluding carboxylic acids is 2. The zero-order chi connectivity index (χ0) is 20.3. The van der Waals surface area contributed by atoms with Crippen LogP contribution >= 0.6 is 11.3 Å². The Labute approximate surface area is 164 Å². The van der Waals surface area contributed by atoms with E-state index >= 15 is 0 Å². The van der Waals surface area contributed by atoms with Crippen LogP contribution in [0.2, 0.25) is 0 Å². The number of nitro benzene ring substituents is 1. The summed E-state index contributed by atoms with van der Waals surface area (Å²) in [7, 11) is 1.51. The van der Waals surface area contributed by atoms with Crippen molar-refractivity contribution in [1.82, 2.24) is 5.32 Å².